The summed E-state index contributed by atoms with van der Waals surface area (Å²) in [6.45, 7) is 9.28. The van der Waals surface area contributed by atoms with Gasteiger partial charge in [0.05, 0.1) is 0 Å². The molecule has 0 amide bonds. The molecule has 1 fully saturated rings. The van der Waals surface area contributed by atoms with Crippen molar-refractivity contribution in [3.63, 3.8) is 0 Å². The van der Waals surface area contributed by atoms with Crippen LogP contribution in [0.4, 0.5) is 0 Å². The number of hydrogen-bond donors (Lipinski definition) is 0. The highest BCUT2D eigenvalue weighted by Gasteiger charge is 2.55. The summed E-state index contributed by atoms with van der Waals surface area (Å²) in [5.41, 5.74) is 0.175. The zero-order valence-electron chi connectivity index (χ0n) is 16.0. The lowest BCUT2D eigenvalue weighted by Gasteiger charge is -2.50. The van der Waals surface area contributed by atoms with Crippen LogP contribution < -0.4 is 10.4 Å². The number of carbonyl (C=O) groups is 1. The van der Waals surface area contributed by atoms with E-state index in [1.54, 1.807) is 0 Å². The van der Waals surface area contributed by atoms with Crippen molar-refractivity contribution in [1.82, 2.24) is 0 Å². The van der Waals surface area contributed by atoms with Gasteiger partial charge in [-0.2, -0.15) is 0 Å². The van der Waals surface area contributed by atoms with Crippen LogP contribution >= 0.6 is 0 Å². The lowest BCUT2D eigenvalue weighted by molar-refractivity contribution is -0.121. The van der Waals surface area contributed by atoms with Crippen LogP contribution in [0.3, 0.4) is 0 Å². The first-order valence-electron chi connectivity index (χ1n) is 9.51. The van der Waals surface area contributed by atoms with Gasteiger partial charge in [0, 0.05) is 12.0 Å². The fourth-order valence-electron chi connectivity index (χ4n) is 5.02. The fourth-order valence-corrected chi connectivity index (χ4v) is 11.6. The van der Waals surface area contributed by atoms with E-state index in [1.807, 2.05) is 0 Å². The Bertz CT molecular complexity index is 675. The Balaban J connectivity index is 2.28. The first-order valence-corrected chi connectivity index (χ1v) is 11.6. The van der Waals surface area contributed by atoms with Gasteiger partial charge in [-0.3, -0.25) is 4.79 Å². The molecule has 0 heterocycles. The molecule has 1 saturated carbocycles. The predicted octanol–water partition coefficient (Wildman–Crippen LogP) is 4.81. The van der Waals surface area contributed by atoms with Gasteiger partial charge in [0.25, 0.3) is 0 Å². The quantitative estimate of drug-likeness (QED) is 0.726. The maximum absolute atomic E-state index is 13.3. The number of carbonyl (C=O) groups excluding carboxylic acids is 1. The van der Waals surface area contributed by atoms with Crippen LogP contribution in [0, 0.1) is 5.92 Å². The average Bonchev–Trinajstić information content (AvgIpc) is 2.58. The molecule has 2 aromatic rings. The van der Waals surface area contributed by atoms with Crippen molar-refractivity contribution >= 4 is 24.2 Å². The maximum Gasteiger partial charge on any atom is 0.134 e. The summed E-state index contributed by atoms with van der Waals surface area (Å²) >= 11 is 0. The maximum atomic E-state index is 13.3. The molecule has 0 spiro atoms. The fraction of sp³-hybridized carbons (Fsp3) is 0.435. The highest BCUT2D eigenvalue weighted by atomic mass is 28.3. The lowest BCUT2D eigenvalue weighted by Crippen LogP contribution is -2.69. The minimum Gasteiger partial charge on any atom is -0.300 e. The standard InChI is InChI=1S/C23H30OSi/c1-18-15-16-22(21(24)17-18)25(23(2,3)4,19-11-7-5-8-12-19)20-13-9-6-10-14-20/h5-14,18,22H,15-17H2,1-4H3. The highest BCUT2D eigenvalue weighted by molar-refractivity contribution is 7.07. The summed E-state index contributed by atoms with van der Waals surface area (Å²) in [4.78, 5) is 13.3. The third-order valence-corrected chi connectivity index (χ3v) is 12.6. The Morgan fingerprint density at radius 2 is 1.32 bits per heavy atom. The second kappa shape index (κ2) is 6.91. The van der Waals surface area contributed by atoms with Gasteiger partial charge in [-0.15, -0.1) is 0 Å². The first kappa shape index (κ1) is 18.1. The molecule has 2 heteroatoms. The number of hydrogen-bond acceptors (Lipinski definition) is 1. The summed E-state index contributed by atoms with van der Waals surface area (Å²) in [6, 6.07) is 21.8. The van der Waals surface area contributed by atoms with Gasteiger partial charge in [-0.1, -0.05) is 98.7 Å². The Morgan fingerprint density at radius 1 is 0.840 bits per heavy atom. The number of Topliss-reactive ketones (excluding diaryl/α,β-unsaturated/α-hetero) is 1. The van der Waals surface area contributed by atoms with Crippen LogP contribution in [-0.4, -0.2) is 13.9 Å². The first-order chi connectivity index (χ1) is 11.9. The van der Waals surface area contributed by atoms with Gasteiger partial charge in [0.15, 0.2) is 0 Å². The molecular formula is C23H30OSi. The Morgan fingerprint density at radius 3 is 1.72 bits per heavy atom. The molecule has 1 aliphatic rings. The second-order valence-electron chi connectivity index (χ2n) is 8.70. The van der Waals surface area contributed by atoms with Crippen LogP contribution in [0.2, 0.25) is 10.6 Å². The van der Waals surface area contributed by atoms with Gasteiger partial charge in [0.2, 0.25) is 0 Å². The van der Waals surface area contributed by atoms with Gasteiger partial charge in [-0.25, -0.2) is 0 Å². The Labute approximate surface area is 153 Å². The number of rotatable bonds is 3. The molecule has 2 unspecified atom stereocenters. The van der Waals surface area contributed by atoms with Crippen molar-refractivity contribution in [2.75, 3.05) is 0 Å². The van der Waals surface area contributed by atoms with Crippen molar-refractivity contribution in [3.8, 4) is 0 Å². The van der Waals surface area contributed by atoms with E-state index < -0.39 is 8.07 Å². The molecule has 1 aliphatic carbocycles. The van der Waals surface area contributed by atoms with Crippen molar-refractivity contribution in [3.05, 3.63) is 60.7 Å². The summed E-state index contributed by atoms with van der Waals surface area (Å²) in [6.07, 6.45) is 2.95. The zero-order valence-corrected chi connectivity index (χ0v) is 17.0. The molecule has 2 aromatic carbocycles. The van der Waals surface area contributed by atoms with E-state index in [-0.39, 0.29) is 10.6 Å². The molecule has 25 heavy (non-hydrogen) atoms. The topological polar surface area (TPSA) is 17.1 Å². The molecule has 132 valence electrons. The Hall–Kier alpha value is -1.67. The van der Waals surface area contributed by atoms with Gasteiger partial charge >= 0.3 is 0 Å². The molecule has 0 radical (unpaired) electrons. The van der Waals surface area contributed by atoms with Gasteiger partial charge in [0.1, 0.15) is 13.9 Å². The van der Waals surface area contributed by atoms with Crippen molar-refractivity contribution in [1.29, 1.82) is 0 Å². The third kappa shape index (κ3) is 3.13. The Kier molecular flexibility index (Phi) is 5.01. The summed E-state index contributed by atoms with van der Waals surface area (Å²) in [5, 5.41) is 2.87. The van der Waals surface area contributed by atoms with Crippen LogP contribution in [0.5, 0.6) is 0 Å². The second-order valence-corrected chi connectivity index (χ2v) is 13.7. The molecule has 3 rings (SSSR count). The SMILES string of the molecule is CC1CCC([Si](c2ccccc2)(c2ccccc2)C(C)(C)C)C(=O)C1. The van der Waals surface area contributed by atoms with Crippen molar-refractivity contribution < 1.29 is 4.79 Å². The lowest BCUT2D eigenvalue weighted by atomic mass is 9.89. The highest BCUT2D eigenvalue weighted by Crippen LogP contribution is 2.48. The van der Waals surface area contributed by atoms with E-state index in [2.05, 4.69) is 88.4 Å². The minimum absolute atomic E-state index is 0.0661. The largest absolute Gasteiger partial charge is 0.300 e. The van der Waals surface area contributed by atoms with E-state index in [9.17, 15) is 4.79 Å². The van der Waals surface area contributed by atoms with Crippen LogP contribution in [0.25, 0.3) is 0 Å². The predicted molar refractivity (Wildman–Crippen MR) is 109 cm³/mol. The summed E-state index contributed by atoms with van der Waals surface area (Å²) in [7, 11) is -2.29. The smallest absolute Gasteiger partial charge is 0.134 e. The average molecular weight is 351 g/mol. The van der Waals surface area contributed by atoms with Crippen molar-refractivity contribution in [2.24, 2.45) is 5.92 Å². The third-order valence-electron chi connectivity index (χ3n) is 6.05. The van der Waals surface area contributed by atoms with Gasteiger partial charge < -0.3 is 0 Å². The molecule has 0 aliphatic heterocycles. The number of benzene rings is 2. The monoisotopic (exact) mass is 350 g/mol. The van der Waals surface area contributed by atoms with Crippen LogP contribution in [0.1, 0.15) is 47.0 Å². The molecule has 0 aromatic heterocycles. The van der Waals surface area contributed by atoms with Crippen LogP contribution in [0.15, 0.2) is 60.7 Å². The molecule has 0 saturated heterocycles. The van der Waals surface area contributed by atoms with Gasteiger partial charge in [-0.05, 0) is 23.8 Å². The van der Waals surface area contributed by atoms with E-state index in [0.29, 0.717) is 11.7 Å². The summed E-state index contributed by atoms with van der Waals surface area (Å²) < 4.78 is 0. The number of ketones is 1. The van der Waals surface area contributed by atoms with Crippen LogP contribution in [-0.2, 0) is 4.79 Å². The summed E-state index contributed by atoms with van der Waals surface area (Å²) in [5.74, 6) is 1.02. The van der Waals surface area contributed by atoms with E-state index in [1.165, 1.54) is 16.8 Å². The normalized spacial score (nSPS) is 22.0. The van der Waals surface area contributed by atoms with Crippen molar-refractivity contribution in [2.45, 2.75) is 57.5 Å². The zero-order chi connectivity index (χ0) is 18.1. The van der Waals surface area contributed by atoms with E-state index >= 15 is 0 Å². The molecular weight excluding hydrogens is 320 g/mol. The van der Waals surface area contributed by atoms with E-state index in [0.717, 1.165) is 12.8 Å². The molecule has 1 nitrogen and oxygen atoms in total. The molecule has 0 bridgehead atoms. The minimum atomic E-state index is -2.29. The van der Waals surface area contributed by atoms with E-state index in [4.69, 9.17) is 0 Å². The molecule has 0 N–H and O–H groups in total. The molecule has 2 atom stereocenters.